The zero-order chi connectivity index (χ0) is 13.8. The van der Waals surface area contributed by atoms with Crippen molar-refractivity contribution >= 4 is 21.7 Å². The fourth-order valence-electron chi connectivity index (χ4n) is 1.66. The Kier molecular flexibility index (Phi) is 4.37. The van der Waals surface area contributed by atoms with E-state index in [4.69, 9.17) is 4.74 Å². The highest BCUT2D eigenvalue weighted by molar-refractivity contribution is 9.10. The molecule has 0 aliphatic heterocycles. The number of nitrogens with one attached hydrogen (secondary N) is 1. The molecule has 0 fully saturated rings. The standard InChI is InChI=1S/C14H16BrN3O/c1-4-12-17-13(16-3)9(2)14(18-12)19-11-7-5-10(15)6-8-11/h5-8H,4H2,1-3H3,(H,16,17,18). The molecule has 0 bridgehead atoms. The zero-order valence-electron chi connectivity index (χ0n) is 11.2. The van der Waals surface area contributed by atoms with Gasteiger partial charge in [-0.2, -0.15) is 4.98 Å². The fraction of sp³-hybridized carbons (Fsp3) is 0.286. The van der Waals surface area contributed by atoms with Crippen molar-refractivity contribution in [3.05, 3.63) is 40.1 Å². The van der Waals surface area contributed by atoms with Crippen LogP contribution in [0, 0.1) is 6.92 Å². The van der Waals surface area contributed by atoms with Crippen LogP contribution in [-0.2, 0) is 6.42 Å². The molecular formula is C14H16BrN3O. The molecule has 0 radical (unpaired) electrons. The average molecular weight is 322 g/mol. The Labute approximate surface area is 121 Å². The molecule has 0 saturated carbocycles. The van der Waals surface area contributed by atoms with Crippen molar-refractivity contribution in [3.63, 3.8) is 0 Å². The number of rotatable bonds is 4. The smallest absolute Gasteiger partial charge is 0.227 e. The molecule has 2 aromatic rings. The molecule has 0 atom stereocenters. The van der Waals surface area contributed by atoms with Crippen molar-refractivity contribution in [2.24, 2.45) is 0 Å². The molecule has 0 saturated heterocycles. The Balaban J connectivity index is 2.35. The van der Waals surface area contributed by atoms with Crippen molar-refractivity contribution in [2.75, 3.05) is 12.4 Å². The Morgan fingerprint density at radius 2 is 1.89 bits per heavy atom. The summed E-state index contributed by atoms with van der Waals surface area (Å²) in [7, 11) is 1.85. The van der Waals surface area contributed by atoms with Crippen molar-refractivity contribution in [1.82, 2.24) is 9.97 Å². The summed E-state index contributed by atoms with van der Waals surface area (Å²) in [5.41, 5.74) is 0.905. The van der Waals surface area contributed by atoms with Gasteiger partial charge in [-0.15, -0.1) is 0 Å². The van der Waals surface area contributed by atoms with Gasteiger partial charge in [0.05, 0.1) is 5.56 Å². The lowest BCUT2D eigenvalue weighted by Crippen LogP contribution is -2.04. The molecule has 0 aliphatic carbocycles. The van der Waals surface area contributed by atoms with E-state index in [2.05, 4.69) is 31.2 Å². The lowest BCUT2D eigenvalue weighted by molar-refractivity contribution is 0.455. The second-order valence-electron chi connectivity index (χ2n) is 4.08. The SMILES string of the molecule is CCc1nc(NC)c(C)c(Oc2ccc(Br)cc2)n1. The number of aromatic nitrogens is 2. The highest BCUT2D eigenvalue weighted by Gasteiger charge is 2.11. The molecule has 0 aliphatic rings. The third-order valence-corrected chi connectivity index (χ3v) is 3.26. The second kappa shape index (κ2) is 6.02. The number of hydrogen-bond donors (Lipinski definition) is 1. The van der Waals surface area contributed by atoms with Crippen LogP contribution in [0.3, 0.4) is 0 Å². The summed E-state index contributed by atoms with van der Waals surface area (Å²) in [6.45, 7) is 3.97. The van der Waals surface area contributed by atoms with Gasteiger partial charge >= 0.3 is 0 Å². The van der Waals surface area contributed by atoms with Gasteiger partial charge in [-0.1, -0.05) is 22.9 Å². The van der Waals surface area contributed by atoms with Crippen molar-refractivity contribution in [3.8, 4) is 11.6 Å². The fourth-order valence-corrected chi connectivity index (χ4v) is 1.92. The molecule has 19 heavy (non-hydrogen) atoms. The summed E-state index contributed by atoms with van der Waals surface area (Å²) in [5.74, 6) is 2.92. The number of halogens is 1. The first-order chi connectivity index (χ1) is 9.13. The van der Waals surface area contributed by atoms with E-state index in [1.54, 1.807) is 0 Å². The van der Waals surface area contributed by atoms with Crippen LogP contribution < -0.4 is 10.1 Å². The van der Waals surface area contributed by atoms with E-state index >= 15 is 0 Å². The number of aryl methyl sites for hydroxylation is 1. The van der Waals surface area contributed by atoms with Gasteiger partial charge in [0.1, 0.15) is 17.4 Å². The van der Waals surface area contributed by atoms with E-state index in [-0.39, 0.29) is 0 Å². The van der Waals surface area contributed by atoms with Crippen LogP contribution in [0.1, 0.15) is 18.3 Å². The molecule has 1 N–H and O–H groups in total. The van der Waals surface area contributed by atoms with E-state index in [1.807, 2.05) is 45.2 Å². The van der Waals surface area contributed by atoms with Crippen LogP contribution >= 0.6 is 15.9 Å². The van der Waals surface area contributed by atoms with Gasteiger partial charge in [-0.3, -0.25) is 0 Å². The monoisotopic (exact) mass is 321 g/mol. The quantitative estimate of drug-likeness (QED) is 0.926. The maximum absolute atomic E-state index is 5.84. The maximum Gasteiger partial charge on any atom is 0.227 e. The maximum atomic E-state index is 5.84. The summed E-state index contributed by atoms with van der Waals surface area (Å²) in [5, 5.41) is 3.07. The summed E-state index contributed by atoms with van der Waals surface area (Å²) in [4.78, 5) is 8.85. The summed E-state index contributed by atoms with van der Waals surface area (Å²) < 4.78 is 6.86. The second-order valence-corrected chi connectivity index (χ2v) is 4.99. The van der Waals surface area contributed by atoms with Crippen LogP contribution in [0.5, 0.6) is 11.6 Å². The highest BCUT2D eigenvalue weighted by Crippen LogP contribution is 2.27. The third-order valence-electron chi connectivity index (χ3n) is 2.73. The van der Waals surface area contributed by atoms with Gasteiger partial charge < -0.3 is 10.1 Å². The normalized spacial score (nSPS) is 10.3. The number of ether oxygens (including phenoxy) is 1. The highest BCUT2D eigenvalue weighted by atomic mass is 79.9. The Morgan fingerprint density at radius 3 is 2.47 bits per heavy atom. The van der Waals surface area contributed by atoms with Crippen LogP contribution in [0.25, 0.3) is 0 Å². The molecule has 5 heteroatoms. The summed E-state index contributed by atoms with van der Waals surface area (Å²) in [6.07, 6.45) is 0.770. The first-order valence-electron chi connectivity index (χ1n) is 6.12. The average Bonchev–Trinajstić information content (AvgIpc) is 2.43. The van der Waals surface area contributed by atoms with Crippen LogP contribution in [0.2, 0.25) is 0 Å². The van der Waals surface area contributed by atoms with Crippen LogP contribution in [0.4, 0.5) is 5.82 Å². The molecule has 1 aromatic carbocycles. The lowest BCUT2D eigenvalue weighted by Gasteiger charge is -2.12. The van der Waals surface area contributed by atoms with Gasteiger partial charge in [0.15, 0.2) is 0 Å². The predicted octanol–water partition coefficient (Wildman–Crippen LogP) is 3.94. The van der Waals surface area contributed by atoms with Gasteiger partial charge in [0.2, 0.25) is 5.88 Å². The van der Waals surface area contributed by atoms with Crippen molar-refractivity contribution in [1.29, 1.82) is 0 Å². The molecule has 1 aromatic heterocycles. The Hall–Kier alpha value is -1.62. The Bertz CT molecular complexity index is 570. The number of nitrogens with zero attached hydrogens (tertiary/aromatic N) is 2. The first-order valence-corrected chi connectivity index (χ1v) is 6.92. The summed E-state index contributed by atoms with van der Waals surface area (Å²) in [6, 6.07) is 7.67. The van der Waals surface area contributed by atoms with E-state index in [0.29, 0.717) is 5.88 Å². The lowest BCUT2D eigenvalue weighted by atomic mass is 10.3. The molecule has 2 rings (SSSR count). The number of benzene rings is 1. The third kappa shape index (κ3) is 3.23. The van der Waals surface area contributed by atoms with Crippen molar-refractivity contribution in [2.45, 2.75) is 20.3 Å². The van der Waals surface area contributed by atoms with Crippen LogP contribution in [-0.4, -0.2) is 17.0 Å². The van der Waals surface area contributed by atoms with E-state index < -0.39 is 0 Å². The minimum atomic E-state index is 0.596. The zero-order valence-corrected chi connectivity index (χ0v) is 12.8. The molecule has 4 nitrogen and oxygen atoms in total. The molecular weight excluding hydrogens is 306 g/mol. The molecule has 100 valence electrons. The largest absolute Gasteiger partial charge is 0.439 e. The topological polar surface area (TPSA) is 47.0 Å². The van der Waals surface area contributed by atoms with Gasteiger partial charge in [0.25, 0.3) is 0 Å². The Morgan fingerprint density at radius 1 is 1.21 bits per heavy atom. The molecule has 0 amide bonds. The molecule has 0 spiro atoms. The number of hydrogen-bond acceptors (Lipinski definition) is 4. The van der Waals surface area contributed by atoms with E-state index in [1.165, 1.54) is 0 Å². The van der Waals surface area contributed by atoms with Crippen molar-refractivity contribution < 1.29 is 4.74 Å². The minimum Gasteiger partial charge on any atom is -0.439 e. The predicted molar refractivity (Wildman–Crippen MR) is 79.9 cm³/mol. The van der Waals surface area contributed by atoms with Gasteiger partial charge in [-0.05, 0) is 31.2 Å². The first kappa shape index (κ1) is 13.8. The van der Waals surface area contributed by atoms with Gasteiger partial charge in [0, 0.05) is 17.9 Å². The molecule has 0 unspecified atom stereocenters. The van der Waals surface area contributed by atoms with E-state index in [0.717, 1.165) is 33.8 Å². The minimum absolute atomic E-state index is 0.596. The molecule has 1 heterocycles. The summed E-state index contributed by atoms with van der Waals surface area (Å²) >= 11 is 3.40. The van der Waals surface area contributed by atoms with E-state index in [9.17, 15) is 0 Å². The number of anilines is 1. The van der Waals surface area contributed by atoms with Crippen LogP contribution in [0.15, 0.2) is 28.7 Å². The van der Waals surface area contributed by atoms with Gasteiger partial charge in [-0.25, -0.2) is 4.98 Å².